The molecule has 0 radical (unpaired) electrons. The Labute approximate surface area is 80.5 Å². The number of unbranched alkanes of at least 4 members (excludes halogenated alkanes) is 1. The van der Waals surface area contributed by atoms with Gasteiger partial charge in [-0.3, -0.25) is 9.59 Å². The molecule has 0 saturated heterocycles. The van der Waals surface area contributed by atoms with Crippen molar-refractivity contribution in [3.05, 3.63) is 0 Å². The van der Waals surface area contributed by atoms with Crippen molar-refractivity contribution in [1.29, 1.82) is 0 Å². The Balaban J connectivity index is 0. The van der Waals surface area contributed by atoms with Crippen LogP contribution in [0.25, 0.3) is 0 Å². The van der Waals surface area contributed by atoms with Crippen molar-refractivity contribution >= 4 is 21.2 Å². The van der Waals surface area contributed by atoms with Crippen molar-refractivity contribution in [3.63, 3.8) is 0 Å². The van der Waals surface area contributed by atoms with Gasteiger partial charge < -0.3 is 10.2 Å². The van der Waals surface area contributed by atoms with Crippen LogP contribution in [0.5, 0.6) is 0 Å². The van der Waals surface area contributed by atoms with Crippen LogP contribution in [0.1, 0.15) is 32.6 Å². The molecule has 5 heteroatoms. The number of carbonyl (C=O) groups is 2. The Hall–Kier alpha value is -0.630. The normalized spacial score (nSPS) is 8.46. The van der Waals surface area contributed by atoms with Gasteiger partial charge in [-0.05, 0) is 6.16 Å². The lowest BCUT2D eigenvalue weighted by atomic mass is 10.3. The molecule has 0 fully saturated rings. The van der Waals surface area contributed by atoms with Gasteiger partial charge in [0.1, 0.15) is 0 Å². The molecule has 0 aromatic rings. The van der Waals surface area contributed by atoms with E-state index in [0.717, 1.165) is 0 Å². The van der Waals surface area contributed by atoms with Crippen molar-refractivity contribution < 1.29 is 19.8 Å². The Kier molecular flexibility index (Phi) is 13.0. The molecule has 0 bridgehead atoms. The molecule has 1 unspecified atom stereocenters. The van der Waals surface area contributed by atoms with Crippen LogP contribution in [0.2, 0.25) is 0 Å². The highest BCUT2D eigenvalue weighted by molar-refractivity contribution is 7.16. The summed E-state index contributed by atoms with van der Waals surface area (Å²) < 4.78 is 0. The van der Waals surface area contributed by atoms with E-state index in [4.69, 9.17) is 10.2 Å². The Morgan fingerprint density at radius 1 is 1.15 bits per heavy atom. The standard InChI is InChI=1S/C4H6O4.C4H11P/c5-3(6)1-2-4(7)8;1-2-3-4-5/h1-2H2,(H,5,6)(H,7,8);2-5H2,1H3. The topological polar surface area (TPSA) is 74.6 Å². The summed E-state index contributed by atoms with van der Waals surface area (Å²) in [7, 11) is 2.70. The highest BCUT2D eigenvalue weighted by Crippen LogP contribution is 1.89. The van der Waals surface area contributed by atoms with Crippen LogP contribution in [-0.2, 0) is 9.59 Å². The minimum absolute atomic E-state index is 0.296. The molecule has 0 aromatic carbocycles. The highest BCUT2D eigenvalue weighted by atomic mass is 31.0. The number of hydrogen-bond donors (Lipinski definition) is 2. The molecular formula is C8H17O4P. The van der Waals surface area contributed by atoms with E-state index < -0.39 is 11.9 Å². The lowest BCUT2D eigenvalue weighted by molar-refractivity contribution is -0.143. The third-order valence-corrected chi connectivity index (χ3v) is 1.52. The van der Waals surface area contributed by atoms with E-state index in [-0.39, 0.29) is 12.8 Å². The SMILES string of the molecule is CCCCP.O=C(O)CCC(=O)O. The van der Waals surface area contributed by atoms with E-state index in [2.05, 4.69) is 16.2 Å². The number of rotatable bonds is 5. The van der Waals surface area contributed by atoms with Crippen LogP contribution >= 0.6 is 9.24 Å². The number of aliphatic carboxylic acids is 2. The third kappa shape index (κ3) is 24.6. The molecule has 0 rings (SSSR count). The lowest BCUT2D eigenvalue weighted by Gasteiger charge is -1.85. The van der Waals surface area contributed by atoms with Crippen LogP contribution < -0.4 is 0 Å². The third-order valence-electron chi connectivity index (χ3n) is 1.11. The second-order valence-electron chi connectivity index (χ2n) is 2.43. The first-order valence-electron chi connectivity index (χ1n) is 4.18. The van der Waals surface area contributed by atoms with Gasteiger partial charge in [0.15, 0.2) is 0 Å². The zero-order chi connectivity index (χ0) is 10.7. The summed E-state index contributed by atoms with van der Waals surface area (Å²) in [5.41, 5.74) is 0. The maximum atomic E-state index is 9.64. The molecule has 0 heterocycles. The zero-order valence-corrected chi connectivity index (χ0v) is 8.98. The molecule has 4 nitrogen and oxygen atoms in total. The summed E-state index contributed by atoms with van der Waals surface area (Å²) in [6.45, 7) is 2.20. The van der Waals surface area contributed by atoms with Gasteiger partial charge in [-0.15, -0.1) is 9.24 Å². The average Bonchev–Trinajstić information content (AvgIpc) is 2.03. The molecule has 0 aromatic heterocycles. The smallest absolute Gasteiger partial charge is 0.303 e. The minimum atomic E-state index is -1.08. The van der Waals surface area contributed by atoms with Gasteiger partial charge in [-0.25, -0.2) is 0 Å². The summed E-state index contributed by atoms with van der Waals surface area (Å²) in [4.78, 5) is 19.3. The van der Waals surface area contributed by atoms with E-state index in [1.54, 1.807) is 0 Å². The van der Waals surface area contributed by atoms with Crippen molar-refractivity contribution in [3.8, 4) is 0 Å². The predicted octanol–water partition coefficient (Wildman–Crippen LogP) is 1.60. The minimum Gasteiger partial charge on any atom is -0.481 e. The molecule has 13 heavy (non-hydrogen) atoms. The highest BCUT2D eigenvalue weighted by Gasteiger charge is 2.00. The lowest BCUT2D eigenvalue weighted by Crippen LogP contribution is -2.00. The van der Waals surface area contributed by atoms with E-state index in [0.29, 0.717) is 0 Å². The van der Waals surface area contributed by atoms with Gasteiger partial charge >= 0.3 is 11.9 Å². The molecular weight excluding hydrogens is 191 g/mol. The van der Waals surface area contributed by atoms with Crippen molar-refractivity contribution in [2.75, 3.05) is 6.16 Å². The Bertz CT molecular complexity index is 131. The second-order valence-corrected chi connectivity index (χ2v) is 3.01. The Morgan fingerprint density at radius 2 is 1.54 bits per heavy atom. The van der Waals surface area contributed by atoms with Crippen molar-refractivity contribution in [1.82, 2.24) is 0 Å². The summed E-state index contributed by atoms with van der Waals surface area (Å²) >= 11 is 0. The molecule has 1 atom stereocenters. The molecule has 0 saturated carbocycles. The summed E-state index contributed by atoms with van der Waals surface area (Å²) in [6.07, 6.45) is 3.34. The fourth-order valence-corrected chi connectivity index (χ4v) is 0.826. The first kappa shape index (κ1) is 14.9. The van der Waals surface area contributed by atoms with E-state index in [9.17, 15) is 9.59 Å². The molecule has 0 spiro atoms. The van der Waals surface area contributed by atoms with Gasteiger partial charge in [-0.2, -0.15) is 0 Å². The quantitative estimate of drug-likeness (QED) is 0.673. The van der Waals surface area contributed by atoms with Crippen molar-refractivity contribution in [2.45, 2.75) is 32.6 Å². The van der Waals surface area contributed by atoms with E-state index in [1.807, 2.05) is 0 Å². The first-order chi connectivity index (χ1) is 6.04. The maximum absolute atomic E-state index is 9.64. The Morgan fingerprint density at radius 3 is 1.62 bits per heavy atom. The number of carboxylic acids is 2. The van der Waals surface area contributed by atoms with Gasteiger partial charge in [0, 0.05) is 0 Å². The maximum Gasteiger partial charge on any atom is 0.303 e. The molecule has 0 amide bonds. The van der Waals surface area contributed by atoms with Crippen LogP contribution in [-0.4, -0.2) is 28.3 Å². The van der Waals surface area contributed by atoms with Crippen LogP contribution in [0, 0.1) is 0 Å². The zero-order valence-electron chi connectivity index (χ0n) is 7.82. The molecule has 0 aliphatic rings. The summed E-state index contributed by atoms with van der Waals surface area (Å²) in [6, 6.07) is 0. The second kappa shape index (κ2) is 11.4. The summed E-state index contributed by atoms with van der Waals surface area (Å²) in [5.74, 6) is -2.15. The van der Waals surface area contributed by atoms with E-state index in [1.165, 1.54) is 19.0 Å². The molecule has 2 N–H and O–H groups in total. The first-order valence-corrected chi connectivity index (χ1v) is 4.99. The fraction of sp³-hybridized carbons (Fsp3) is 0.750. The number of hydrogen-bond acceptors (Lipinski definition) is 2. The molecule has 0 aliphatic heterocycles. The van der Waals surface area contributed by atoms with Crippen LogP contribution in [0.15, 0.2) is 0 Å². The largest absolute Gasteiger partial charge is 0.481 e. The predicted molar refractivity (Wildman–Crippen MR) is 54.0 cm³/mol. The van der Waals surface area contributed by atoms with Crippen molar-refractivity contribution in [2.24, 2.45) is 0 Å². The van der Waals surface area contributed by atoms with Crippen LogP contribution in [0.4, 0.5) is 0 Å². The molecule has 78 valence electrons. The number of carboxylic acid groups (broad SMARTS) is 2. The van der Waals surface area contributed by atoms with E-state index >= 15 is 0 Å². The molecule has 0 aliphatic carbocycles. The van der Waals surface area contributed by atoms with Crippen LogP contribution in [0.3, 0.4) is 0 Å². The summed E-state index contributed by atoms with van der Waals surface area (Å²) in [5, 5.41) is 15.8. The average molecular weight is 208 g/mol. The van der Waals surface area contributed by atoms with Gasteiger partial charge in [-0.1, -0.05) is 19.8 Å². The van der Waals surface area contributed by atoms with Gasteiger partial charge in [0.2, 0.25) is 0 Å². The fourth-order valence-electron chi connectivity index (χ4n) is 0.418. The van der Waals surface area contributed by atoms with Gasteiger partial charge in [0.25, 0.3) is 0 Å². The monoisotopic (exact) mass is 208 g/mol. The van der Waals surface area contributed by atoms with Gasteiger partial charge in [0.05, 0.1) is 12.8 Å².